The monoisotopic (exact) mass is 471 g/mol. The Bertz CT molecular complexity index is 1010. The van der Waals surface area contributed by atoms with Gasteiger partial charge >= 0.3 is 12.6 Å². The molecule has 0 bridgehead atoms. The highest BCUT2D eigenvalue weighted by molar-refractivity contribution is 5.84. The first kappa shape index (κ1) is 23.3. The maximum atomic E-state index is 14.8. The van der Waals surface area contributed by atoms with Gasteiger partial charge in [0.05, 0.1) is 25.2 Å². The van der Waals surface area contributed by atoms with Crippen molar-refractivity contribution in [3.05, 3.63) is 6.33 Å². The first-order valence-corrected chi connectivity index (χ1v) is 10.8. The van der Waals surface area contributed by atoms with Crippen molar-refractivity contribution in [2.75, 3.05) is 30.3 Å². The third-order valence-electron chi connectivity index (χ3n) is 5.56. The molecule has 2 aliphatic rings. The zero-order valence-corrected chi connectivity index (χ0v) is 18.6. The number of likely N-dealkylation sites (tertiary alicyclic amines) is 1. The van der Waals surface area contributed by atoms with Crippen LogP contribution < -0.4 is 10.6 Å². The number of aliphatic hydroxyl groups is 1. The van der Waals surface area contributed by atoms with Gasteiger partial charge < -0.3 is 25.4 Å². The average molecular weight is 471 g/mol. The molecule has 3 heterocycles. The Morgan fingerprint density at radius 1 is 1.30 bits per heavy atom. The number of aromatic nitrogens is 4. The van der Waals surface area contributed by atoms with E-state index in [1.54, 1.807) is 20.8 Å². The maximum Gasteiger partial charge on any atom is 0.410 e. The van der Waals surface area contributed by atoms with E-state index in [9.17, 15) is 23.1 Å². The summed E-state index contributed by atoms with van der Waals surface area (Å²) in [4.78, 5) is 26.1. The third kappa shape index (κ3) is 5.23. The summed E-state index contributed by atoms with van der Waals surface area (Å²) in [6.45, 7) is 1.93. The summed E-state index contributed by atoms with van der Waals surface area (Å²) in [6.07, 6.45) is 0.742. The number of carbonyl (C=O) groups excluding carboxylic acids is 1. The van der Waals surface area contributed by atoms with Crippen molar-refractivity contribution >= 4 is 29.0 Å². The van der Waals surface area contributed by atoms with Gasteiger partial charge in [0.2, 0.25) is 5.95 Å². The Hall–Kier alpha value is -2.83. The molecular formula is C20H28F3N7O3. The van der Waals surface area contributed by atoms with Crippen molar-refractivity contribution in [2.24, 2.45) is 5.92 Å². The second-order valence-corrected chi connectivity index (χ2v) is 9.42. The molecule has 10 nitrogen and oxygen atoms in total. The van der Waals surface area contributed by atoms with Crippen molar-refractivity contribution in [3.8, 4) is 0 Å². The molecule has 2 aromatic heterocycles. The molecule has 33 heavy (non-hydrogen) atoms. The lowest BCUT2D eigenvalue weighted by Gasteiger charge is -2.24. The fourth-order valence-corrected chi connectivity index (χ4v) is 3.75. The number of halogens is 3. The van der Waals surface area contributed by atoms with Gasteiger partial charge in [-0.25, -0.2) is 14.2 Å². The number of amides is 1. The molecule has 13 heteroatoms. The predicted molar refractivity (Wildman–Crippen MR) is 114 cm³/mol. The summed E-state index contributed by atoms with van der Waals surface area (Å²) in [7, 11) is 0. The molecule has 1 aliphatic heterocycles. The van der Waals surface area contributed by atoms with Gasteiger partial charge in [-0.3, -0.25) is 4.57 Å². The molecule has 1 aliphatic carbocycles. The van der Waals surface area contributed by atoms with E-state index in [0.29, 0.717) is 4.57 Å². The van der Waals surface area contributed by atoms with Gasteiger partial charge in [-0.1, -0.05) is 0 Å². The van der Waals surface area contributed by atoms with Gasteiger partial charge in [0.1, 0.15) is 18.1 Å². The van der Waals surface area contributed by atoms with E-state index in [4.69, 9.17) is 4.74 Å². The predicted octanol–water partition coefficient (Wildman–Crippen LogP) is 2.77. The molecule has 0 radical (unpaired) electrons. The SMILES string of the molecule is CC(C)(C)OC(=O)N1CC(F)C(Nc2nc(N[C@@H](CO)C3CC3)nc3c2ncn3C(F)F)C1. The number of rotatable bonds is 7. The van der Waals surface area contributed by atoms with Gasteiger partial charge in [-0.15, -0.1) is 0 Å². The van der Waals surface area contributed by atoms with Gasteiger partial charge in [0.25, 0.3) is 0 Å². The van der Waals surface area contributed by atoms with Gasteiger partial charge in [-0.05, 0) is 39.5 Å². The number of carbonyl (C=O) groups is 1. The summed E-state index contributed by atoms with van der Waals surface area (Å²) in [5.41, 5.74) is -0.800. The van der Waals surface area contributed by atoms with Crippen LogP contribution in [0.2, 0.25) is 0 Å². The average Bonchev–Trinajstić information content (AvgIpc) is 3.36. The smallest absolute Gasteiger partial charge is 0.410 e. The molecule has 0 spiro atoms. The Labute approximate surface area is 188 Å². The summed E-state index contributed by atoms with van der Waals surface area (Å²) in [5, 5.41) is 15.5. The van der Waals surface area contributed by atoms with Crippen molar-refractivity contribution < 1.29 is 27.8 Å². The van der Waals surface area contributed by atoms with Crippen LogP contribution in [0.3, 0.4) is 0 Å². The largest absolute Gasteiger partial charge is 0.444 e. The van der Waals surface area contributed by atoms with Crippen molar-refractivity contribution in [2.45, 2.75) is 64.0 Å². The summed E-state index contributed by atoms with van der Waals surface area (Å²) >= 11 is 0. The number of hydrogen-bond donors (Lipinski definition) is 3. The summed E-state index contributed by atoms with van der Waals surface area (Å²) < 4.78 is 47.6. The molecule has 1 saturated heterocycles. The molecule has 182 valence electrons. The molecule has 3 atom stereocenters. The number of imidazole rings is 1. The highest BCUT2D eigenvalue weighted by Crippen LogP contribution is 2.34. The topological polar surface area (TPSA) is 117 Å². The maximum absolute atomic E-state index is 14.8. The van der Waals surface area contributed by atoms with Crippen molar-refractivity contribution in [1.82, 2.24) is 24.4 Å². The number of anilines is 2. The molecule has 4 rings (SSSR count). The van der Waals surface area contributed by atoms with Crippen LogP contribution in [0.1, 0.15) is 40.2 Å². The lowest BCUT2D eigenvalue weighted by Crippen LogP contribution is -2.36. The lowest BCUT2D eigenvalue weighted by molar-refractivity contribution is 0.0283. The molecule has 2 unspecified atom stereocenters. The number of hydrogen-bond acceptors (Lipinski definition) is 8. The summed E-state index contributed by atoms with van der Waals surface area (Å²) in [6, 6.07) is -1.17. The zero-order valence-electron chi connectivity index (χ0n) is 18.6. The first-order valence-electron chi connectivity index (χ1n) is 10.8. The van der Waals surface area contributed by atoms with Gasteiger partial charge in [-0.2, -0.15) is 18.7 Å². The molecule has 1 amide bonds. The molecule has 1 saturated carbocycles. The summed E-state index contributed by atoms with van der Waals surface area (Å²) in [5.74, 6) is 0.335. The van der Waals surface area contributed by atoms with E-state index in [2.05, 4.69) is 25.6 Å². The van der Waals surface area contributed by atoms with E-state index < -0.39 is 30.5 Å². The standard InChI is InChI=1S/C20H28F3N7O3/c1-20(2,3)33-19(32)29-6-11(21)12(7-29)25-15-14-16(30(9-24-14)17(22)23)28-18(27-15)26-13(8-31)10-4-5-10/h9-13,17,31H,4-8H2,1-3H3,(H2,25,26,27,28)/t11?,12?,13-/m0/s1. The van der Waals surface area contributed by atoms with Crippen molar-refractivity contribution in [1.29, 1.82) is 0 Å². The van der Waals surface area contributed by atoms with Crippen LogP contribution in [-0.2, 0) is 4.74 Å². The Morgan fingerprint density at radius 2 is 2.03 bits per heavy atom. The lowest BCUT2D eigenvalue weighted by atomic mass is 10.2. The minimum atomic E-state index is -2.88. The van der Waals surface area contributed by atoms with E-state index in [-0.39, 0.29) is 54.6 Å². The molecule has 3 N–H and O–H groups in total. The molecular weight excluding hydrogens is 443 g/mol. The third-order valence-corrected chi connectivity index (χ3v) is 5.56. The molecule has 2 fully saturated rings. The van der Waals surface area contributed by atoms with Gasteiger partial charge in [0.15, 0.2) is 17.0 Å². The Kier molecular flexibility index (Phi) is 6.25. The Balaban J connectivity index is 1.59. The highest BCUT2D eigenvalue weighted by Gasteiger charge is 2.38. The second kappa shape index (κ2) is 8.84. The van der Waals surface area contributed by atoms with Crippen LogP contribution in [0.4, 0.5) is 29.7 Å². The quantitative estimate of drug-likeness (QED) is 0.564. The van der Waals surface area contributed by atoms with Crippen LogP contribution in [0.25, 0.3) is 11.2 Å². The number of aliphatic hydroxyl groups excluding tert-OH is 1. The first-order chi connectivity index (χ1) is 15.6. The van der Waals surface area contributed by atoms with Crippen LogP contribution in [0.15, 0.2) is 6.33 Å². The number of nitrogens with zero attached hydrogens (tertiary/aromatic N) is 5. The van der Waals surface area contributed by atoms with E-state index >= 15 is 0 Å². The van der Waals surface area contributed by atoms with Crippen LogP contribution in [-0.4, -0.2) is 79.2 Å². The number of nitrogens with one attached hydrogen (secondary N) is 2. The number of alkyl halides is 3. The number of fused-ring (bicyclic) bond motifs is 1. The van der Waals surface area contributed by atoms with E-state index in [1.807, 2.05) is 0 Å². The van der Waals surface area contributed by atoms with Crippen LogP contribution in [0, 0.1) is 5.92 Å². The van der Waals surface area contributed by atoms with Gasteiger partial charge in [0, 0.05) is 6.54 Å². The van der Waals surface area contributed by atoms with Crippen LogP contribution in [0.5, 0.6) is 0 Å². The zero-order chi connectivity index (χ0) is 23.9. The van der Waals surface area contributed by atoms with E-state index in [0.717, 1.165) is 19.2 Å². The minimum absolute atomic E-state index is 0.00122. The highest BCUT2D eigenvalue weighted by atomic mass is 19.3. The molecule has 2 aromatic rings. The minimum Gasteiger partial charge on any atom is -0.444 e. The van der Waals surface area contributed by atoms with E-state index in [1.165, 1.54) is 4.90 Å². The molecule has 0 aromatic carbocycles. The van der Waals surface area contributed by atoms with Crippen LogP contribution >= 0.6 is 0 Å². The fraction of sp³-hybridized carbons (Fsp3) is 0.700. The van der Waals surface area contributed by atoms with Crippen molar-refractivity contribution in [3.63, 3.8) is 0 Å². The number of ether oxygens (including phenoxy) is 1. The fourth-order valence-electron chi connectivity index (χ4n) is 3.75. The Morgan fingerprint density at radius 3 is 2.64 bits per heavy atom. The normalized spacial score (nSPS) is 22.1. The second-order valence-electron chi connectivity index (χ2n) is 9.42.